The van der Waals surface area contributed by atoms with Crippen LogP contribution in [-0.2, 0) is 0 Å². The van der Waals surface area contributed by atoms with Crippen LogP contribution in [0.3, 0.4) is 0 Å². The number of nitrogens with zero attached hydrogens (tertiary/aromatic N) is 4. The van der Waals surface area contributed by atoms with Crippen molar-refractivity contribution in [3.63, 3.8) is 0 Å². The van der Waals surface area contributed by atoms with Crippen LogP contribution in [0.15, 0.2) is 133 Å². The summed E-state index contributed by atoms with van der Waals surface area (Å²) in [5.41, 5.74) is 5.05. The quantitative estimate of drug-likeness (QED) is 0.202. The van der Waals surface area contributed by atoms with Crippen LogP contribution in [0.4, 0.5) is 0 Å². The molecule has 9 rings (SSSR count). The van der Waals surface area contributed by atoms with Crippen molar-refractivity contribution in [3.8, 4) is 44.7 Å². The van der Waals surface area contributed by atoms with E-state index in [2.05, 4.69) is 72.8 Å². The van der Waals surface area contributed by atoms with E-state index in [1.54, 1.807) is 11.3 Å². The van der Waals surface area contributed by atoms with Crippen LogP contribution in [0.1, 0.15) is 0 Å². The maximum atomic E-state index is 5.15. The van der Waals surface area contributed by atoms with Crippen molar-refractivity contribution in [3.05, 3.63) is 133 Å². The Bertz CT molecular complexity index is 2440. The Morgan fingerprint density at radius 2 is 1.05 bits per heavy atom. The van der Waals surface area contributed by atoms with E-state index < -0.39 is 0 Å². The smallest absolute Gasteiger partial charge is 0.164 e. The van der Waals surface area contributed by atoms with Gasteiger partial charge in [-0.05, 0) is 23.6 Å². The molecular formula is C38H22N4S2. The number of benzene rings is 6. The number of fused-ring (bicyclic) bond motifs is 6. The number of thiophene rings is 1. The van der Waals surface area contributed by atoms with Gasteiger partial charge in [0, 0.05) is 47.8 Å². The summed E-state index contributed by atoms with van der Waals surface area (Å²) in [5, 5.41) is 5.93. The first-order valence-corrected chi connectivity index (χ1v) is 16.0. The van der Waals surface area contributed by atoms with Gasteiger partial charge in [-0.1, -0.05) is 115 Å². The molecule has 0 aliphatic carbocycles. The van der Waals surface area contributed by atoms with E-state index in [-0.39, 0.29) is 0 Å². The van der Waals surface area contributed by atoms with E-state index in [0.29, 0.717) is 17.5 Å². The third-order valence-electron chi connectivity index (χ3n) is 7.96. The standard InChI is InChI=1S/C38H22N4S2/c1-3-10-24(11-4-1)35-40-36(25-12-5-2-6-13-25)42-37(41-35)26-19-18-23-20-21-31-34(30(23)22-26)44-38(39-31)29-16-9-15-28-27-14-7-8-17-32(27)43-33(28)29/h1-22H. The van der Waals surface area contributed by atoms with E-state index in [9.17, 15) is 0 Å². The summed E-state index contributed by atoms with van der Waals surface area (Å²) in [4.78, 5) is 19.9. The van der Waals surface area contributed by atoms with Gasteiger partial charge in [-0.2, -0.15) is 0 Å². The van der Waals surface area contributed by atoms with Crippen LogP contribution >= 0.6 is 22.7 Å². The van der Waals surface area contributed by atoms with Crippen molar-refractivity contribution in [2.75, 3.05) is 0 Å². The number of hydrogen-bond acceptors (Lipinski definition) is 6. The van der Waals surface area contributed by atoms with Crippen molar-refractivity contribution in [2.45, 2.75) is 0 Å². The lowest BCUT2D eigenvalue weighted by molar-refractivity contribution is 1.07. The van der Waals surface area contributed by atoms with Crippen molar-refractivity contribution in [1.29, 1.82) is 0 Å². The molecule has 0 amide bonds. The fourth-order valence-corrected chi connectivity index (χ4v) is 8.22. The highest BCUT2D eigenvalue weighted by atomic mass is 32.1. The molecule has 9 aromatic rings. The zero-order valence-electron chi connectivity index (χ0n) is 23.3. The van der Waals surface area contributed by atoms with Crippen LogP contribution in [-0.4, -0.2) is 19.9 Å². The van der Waals surface area contributed by atoms with Crippen LogP contribution in [0.25, 0.3) is 85.9 Å². The Morgan fingerprint density at radius 3 is 1.80 bits per heavy atom. The van der Waals surface area contributed by atoms with Gasteiger partial charge in [0.1, 0.15) is 5.01 Å². The molecule has 3 aromatic heterocycles. The molecule has 0 unspecified atom stereocenters. The first-order chi connectivity index (χ1) is 21.8. The minimum absolute atomic E-state index is 0.649. The molecule has 0 atom stereocenters. The Balaban J connectivity index is 1.22. The largest absolute Gasteiger partial charge is 0.236 e. The second-order valence-electron chi connectivity index (χ2n) is 10.7. The minimum Gasteiger partial charge on any atom is -0.236 e. The molecule has 0 saturated heterocycles. The molecule has 0 fully saturated rings. The summed E-state index contributed by atoms with van der Waals surface area (Å²) in [6.07, 6.45) is 0. The molecule has 44 heavy (non-hydrogen) atoms. The fraction of sp³-hybridized carbons (Fsp3) is 0. The van der Waals surface area contributed by atoms with E-state index in [4.69, 9.17) is 19.9 Å². The van der Waals surface area contributed by atoms with Crippen molar-refractivity contribution in [1.82, 2.24) is 19.9 Å². The molecule has 3 heterocycles. The molecular weight excluding hydrogens is 577 g/mol. The molecule has 6 aromatic carbocycles. The summed E-state index contributed by atoms with van der Waals surface area (Å²) in [5.74, 6) is 1.96. The molecule has 4 nitrogen and oxygen atoms in total. The van der Waals surface area contributed by atoms with Gasteiger partial charge < -0.3 is 0 Å². The Kier molecular flexibility index (Phi) is 5.82. The SMILES string of the molecule is c1ccc(-c2nc(-c3ccccc3)nc(-c3ccc4ccc5nc(-c6cccc7c6sc6ccccc67)sc5c4c3)n2)cc1. The summed E-state index contributed by atoms with van der Waals surface area (Å²) in [6.45, 7) is 0. The van der Waals surface area contributed by atoms with E-state index in [1.165, 1.54) is 25.7 Å². The summed E-state index contributed by atoms with van der Waals surface area (Å²) in [6, 6.07) is 46.1. The molecule has 0 aliphatic heterocycles. The lowest BCUT2D eigenvalue weighted by Gasteiger charge is -2.09. The molecule has 0 spiro atoms. The molecule has 6 heteroatoms. The van der Waals surface area contributed by atoms with Crippen molar-refractivity contribution in [2.24, 2.45) is 0 Å². The maximum absolute atomic E-state index is 5.15. The predicted molar refractivity (Wildman–Crippen MR) is 185 cm³/mol. The maximum Gasteiger partial charge on any atom is 0.164 e. The summed E-state index contributed by atoms with van der Waals surface area (Å²) >= 11 is 3.59. The van der Waals surface area contributed by atoms with Gasteiger partial charge in [0.05, 0.1) is 10.2 Å². The number of rotatable bonds is 4. The van der Waals surface area contributed by atoms with Gasteiger partial charge >= 0.3 is 0 Å². The van der Waals surface area contributed by atoms with E-state index in [1.807, 2.05) is 72.0 Å². The molecule has 0 N–H and O–H groups in total. The van der Waals surface area contributed by atoms with Crippen LogP contribution in [0.5, 0.6) is 0 Å². The molecule has 0 saturated carbocycles. The Labute approximate surface area is 261 Å². The third kappa shape index (κ3) is 4.19. The van der Waals surface area contributed by atoms with Crippen molar-refractivity contribution < 1.29 is 0 Å². The highest BCUT2D eigenvalue weighted by Crippen LogP contribution is 2.43. The zero-order chi connectivity index (χ0) is 29.0. The average molecular weight is 599 g/mol. The van der Waals surface area contributed by atoms with Gasteiger partial charge in [0.25, 0.3) is 0 Å². The average Bonchev–Trinajstić information content (AvgIpc) is 3.71. The number of hydrogen-bond donors (Lipinski definition) is 0. The van der Waals surface area contributed by atoms with E-state index in [0.717, 1.165) is 42.7 Å². The van der Waals surface area contributed by atoms with Crippen LogP contribution in [0, 0.1) is 0 Å². The highest BCUT2D eigenvalue weighted by molar-refractivity contribution is 7.27. The summed E-state index contributed by atoms with van der Waals surface area (Å²) < 4.78 is 3.75. The number of thiazole rings is 1. The lowest BCUT2D eigenvalue weighted by Crippen LogP contribution is -2.00. The Hall–Kier alpha value is -5.30. The monoisotopic (exact) mass is 598 g/mol. The topological polar surface area (TPSA) is 51.6 Å². The van der Waals surface area contributed by atoms with Gasteiger partial charge in [-0.25, -0.2) is 19.9 Å². The van der Waals surface area contributed by atoms with Gasteiger partial charge in [0.2, 0.25) is 0 Å². The summed E-state index contributed by atoms with van der Waals surface area (Å²) in [7, 11) is 0. The lowest BCUT2D eigenvalue weighted by atomic mass is 10.1. The normalized spacial score (nSPS) is 11.6. The van der Waals surface area contributed by atoms with E-state index >= 15 is 0 Å². The van der Waals surface area contributed by atoms with Gasteiger partial charge in [0.15, 0.2) is 17.5 Å². The van der Waals surface area contributed by atoms with Crippen molar-refractivity contribution >= 4 is 63.8 Å². The molecule has 0 bridgehead atoms. The fourth-order valence-electron chi connectivity index (χ4n) is 5.81. The Morgan fingerprint density at radius 1 is 0.409 bits per heavy atom. The third-order valence-corrected chi connectivity index (χ3v) is 10.3. The molecule has 206 valence electrons. The van der Waals surface area contributed by atoms with Crippen LogP contribution in [0.2, 0.25) is 0 Å². The molecule has 0 aliphatic rings. The van der Waals surface area contributed by atoms with Crippen LogP contribution < -0.4 is 0 Å². The highest BCUT2D eigenvalue weighted by Gasteiger charge is 2.17. The van der Waals surface area contributed by atoms with Gasteiger partial charge in [-0.3, -0.25) is 0 Å². The molecule has 0 radical (unpaired) electrons. The second-order valence-corrected chi connectivity index (χ2v) is 12.7. The number of aromatic nitrogens is 4. The predicted octanol–water partition coefficient (Wildman–Crippen LogP) is 10.7. The minimum atomic E-state index is 0.649. The zero-order valence-corrected chi connectivity index (χ0v) is 24.9. The first kappa shape index (κ1) is 25.2. The first-order valence-electron chi connectivity index (χ1n) is 14.4. The second kappa shape index (κ2) is 10.2. The van der Waals surface area contributed by atoms with Gasteiger partial charge in [-0.15, -0.1) is 22.7 Å².